The normalized spacial score (nSPS) is 13.8. The lowest BCUT2D eigenvalue weighted by Gasteiger charge is -2.25. The highest BCUT2D eigenvalue weighted by Gasteiger charge is 2.34. The van der Waals surface area contributed by atoms with Crippen molar-refractivity contribution in [3.8, 4) is 29.1 Å². The number of carbonyl (C=O) groups is 2. The topological polar surface area (TPSA) is 148 Å². The molecule has 0 aliphatic carbocycles. The largest absolute Gasteiger partial charge is 0.493 e. The predicted octanol–water partition coefficient (Wildman–Crippen LogP) is 4.86. The summed E-state index contributed by atoms with van der Waals surface area (Å²) in [6, 6.07) is 16.6. The number of benzene rings is 3. The fourth-order valence-corrected chi connectivity index (χ4v) is 6.72. The fourth-order valence-electron chi connectivity index (χ4n) is 5.40. The number of methoxy groups -OCH3 is 2. The lowest BCUT2D eigenvalue weighted by molar-refractivity contribution is -0.143. The van der Waals surface area contributed by atoms with Crippen LogP contribution in [0.1, 0.15) is 49.1 Å². The molecule has 12 nitrogen and oxygen atoms in total. The third-order valence-electron chi connectivity index (χ3n) is 7.73. The van der Waals surface area contributed by atoms with E-state index < -0.39 is 23.5 Å². The highest BCUT2D eigenvalue weighted by atomic mass is 35.5. The Morgan fingerprint density at radius 2 is 1.80 bits per heavy atom. The van der Waals surface area contributed by atoms with Crippen LogP contribution in [0.15, 0.2) is 75.7 Å². The molecule has 0 fully saturated rings. The van der Waals surface area contributed by atoms with Crippen LogP contribution in [0, 0.1) is 11.3 Å². The van der Waals surface area contributed by atoms with Gasteiger partial charge < -0.3 is 28.4 Å². The van der Waals surface area contributed by atoms with Crippen molar-refractivity contribution in [2.45, 2.75) is 33.4 Å². The highest BCUT2D eigenvalue weighted by Crippen LogP contribution is 2.38. The molecule has 1 aliphatic rings. The number of aromatic nitrogens is 1. The van der Waals surface area contributed by atoms with Gasteiger partial charge in [0.05, 0.1) is 65.9 Å². The third-order valence-corrected chi connectivity index (χ3v) is 9.00. The van der Waals surface area contributed by atoms with Gasteiger partial charge >= 0.3 is 11.9 Å². The van der Waals surface area contributed by atoms with E-state index in [2.05, 4.69) is 15.8 Å². The molecule has 3 aromatic carbocycles. The summed E-state index contributed by atoms with van der Waals surface area (Å²) in [7, 11) is 2.73. The first-order valence-corrected chi connectivity index (χ1v) is 17.0. The van der Waals surface area contributed by atoms with Crippen LogP contribution in [0.4, 0.5) is 0 Å². The number of thiazole rings is 1. The van der Waals surface area contributed by atoms with Crippen molar-refractivity contribution in [2.24, 2.45) is 4.99 Å². The first-order valence-electron chi connectivity index (χ1n) is 15.8. The van der Waals surface area contributed by atoms with Crippen molar-refractivity contribution in [2.75, 3.05) is 34.0 Å². The van der Waals surface area contributed by atoms with E-state index in [1.54, 1.807) is 75.4 Å². The number of ether oxygens (including phenoxy) is 6. The lowest BCUT2D eigenvalue weighted by Crippen LogP contribution is -2.40. The maximum absolute atomic E-state index is 14.2. The van der Waals surface area contributed by atoms with Gasteiger partial charge in [0.15, 0.2) is 34.4 Å². The Labute approximate surface area is 302 Å². The Bertz CT molecular complexity index is 2240. The number of hydrogen-bond acceptors (Lipinski definition) is 12. The molecule has 4 aromatic rings. The SMILES string of the molecule is CCOC(=O)C1=C(C)N=c2s/c(=C\c3cc(Cl)c(OCc4ccccc4C#N)c(OC)c3)c(=O)n2[C@H]1c1ccc(OCC(=O)OC)c(OCC)c1. The lowest BCUT2D eigenvalue weighted by atomic mass is 9.95. The van der Waals surface area contributed by atoms with Crippen LogP contribution in [0.5, 0.6) is 23.0 Å². The van der Waals surface area contributed by atoms with Crippen molar-refractivity contribution in [1.29, 1.82) is 5.26 Å². The van der Waals surface area contributed by atoms with Crippen LogP contribution in [-0.4, -0.2) is 50.5 Å². The molecule has 0 amide bonds. The summed E-state index contributed by atoms with van der Waals surface area (Å²) in [5.41, 5.74) is 2.41. The van der Waals surface area contributed by atoms with Crippen molar-refractivity contribution in [1.82, 2.24) is 4.57 Å². The third kappa shape index (κ3) is 7.93. The van der Waals surface area contributed by atoms with Gasteiger partial charge in [0.2, 0.25) is 0 Å². The van der Waals surface area contributed by atoms with E-state index >= 15 is 0 Å². The molecule has 2 heterocycles. The number of rotatable bonds is 13. The molecule has 0 spiro atoms. The molecule has 0 radical (unpaired) electrons. The summed E-state index contributed by atoms with van der Waals surface area (Å²) in [6.45, 7) is 5.32. The van der Waals surface area contributed by atoms with E-state index in [-0.39, 0.29) is 48.5 Å². The van der Waals surface area contributed by atoms with E-state index in [9.17, 15) is 19.6 Å². The molecule has 0 N–H and O–H groups in total. The van der Waals surface area contributed by atoms with Crippen LogP contribution in [0.2, 0.25) is 5.02 Å². The van der Waals surface area contributed by atoms with Crippen molar-refractivity contribution < 1.29 is 38.0 Å². The zero-order valence-corrected chi connectivity index (χ0v) is 30.1. The van der Waals surface area contributed by atoms with Crippen molar-refractivity contribution in [3.05, 3.63) is 113 Å². The van der Waals surface area contributed by atoms with Gasteiger partial charge in [0.1, 0.15) is 6.61 Å². The smallest absolute Gasteiger partial charge is 0.343 e. The molecule has 1 aliphatic heterocycles. The number of nitrogens with zero attached hydrogens (tertiary/aromatic N) is 3. The molecule has 51 heavy (non-hydrogen) atoms. The summed E-state index contributed by atoms with van der Waals surface area (Å²) in [4.78, 5) is 44.4. The molecule has 14 heteroatoms. The molecule has 0 bridgehead atoms. The van der Waals surface area contributed by atoms with E-state index in [0.717, 1.165) is 11.3 Å². The second kappa shape index (κ2) is 16.4. The minimum absolute atomic E-state index is 0.0866. The van der Waals surface area contributed by atoms with Gasteiger partial charge in [-0.1, -0.05) is 47.2 Å². The standard InChI is InChI=1S/C37H34ClN3O9S/c1-6-47-28-17-23(12-13-27(28)49-20-31(42)46-5)33-32(36(44)48-7-2)21(3)40-37-41(33)35(43)30(51-37)16-22-14-26(38)34(29(15-22)45-4)50-19-25-11-9-8-10-24(25)18-39/h8-17,33H,6-7,19-20H2,1-5H3/b30-16-/t33-/m0/s1. The number of allylic oxidation sites excluding steroid dienone is 1. The Kier molecular flexibility index (Phi) is 11.8. The van der Waals surface area contributed by atoms with Crippen LogP contribution >= 0.6 is 22.9 Å². The highest BCUT2D eigenvalue weighted by molar-refractivity contribution is 7.07. The van der Waals surface area contributed by atoms with Crippen molar-refractivity contribution >= 4 is 41.0 Å². The minimum atomic E-state index is -0.929. The molecule has 5 rings (SSSR count). The average Bonchev–Trinajstić information content (AvgIpc) is 3.43. The van der Waals surface area contributed by atoms with Crippen LogP contribution in [0.3, 0.4) is 0 Å². The number of halogens is 1. The molecule has 264 valence electrons. The van der Waals surface area contributed by atoms with Gasteiger partial charge in [-0.3, -0.25) is 9.36 Å². The Balaban J connectivity index is 1.59. The van der Waals surface area contributed by atoms with Gasteiger partial charge in [-0.25, -0.2) is 14.6 Å². The first-order chi connectivity index (χ1) is 24.6. The van der Waals surface area contributed by atoms with Crippen LogP contribution < -0.4 is 33.8 Å². The van der Waals surface area contributed by atoms with E-state index in [1.165, 1.54) is 18.8 Å². The van der Waals surface area contributed by atoms with E-state index in [4.69, 9.17) is 35.3 Å². The number of hydrogen-bond donors (Lipinski definition) is 0. The van der Waals surface area contributed by atoms with E-state index in [0.29, 0.717) is 48.8 Å². The van der Waals surface area contributed by atoms with Crippen LogP contribution in [0.25, 0.3) is 6.08 Å². The second-order valence-corrected chi connectivity index (χ2v) is 12.3. The molecule has 0 saturated carbocycles. The number of fused-ring (bicyclic) bond motifs is 1. The number of esters is 2. The van der Waals surface area contributed by atoms with Crippen LogP contribution in [-0.2, 0) is 25.7 Å². The molecule has 0 saturated heterocycles. The summed E-state index contributed by atoms with van der Waals surface area (Å²) >= 11 is 7.81. The van der Waals surface area contributed by atoms with Gasteiger partial charge in [-0.15, -0.1) is 0 Å². The quantitative estimate of drug-likeness (QED) is 0.175. The molecule has 0 unspecified atom stereocenters. The maximum atomic E-state index is 14.2. The monoisotopic (exact) mass is 731 g/mol. The van der Waals surface area contributed by atoms with Gasteiger partial charge in [-0.05, 0) is 68.3 Å². The van der Waals surface area contributed by atoms with Gasteiger partial charge in [0.25, 0.3) is 5.56 Å². The van der Waals surface area contributed by atoms with Gasteiger partial charge in [-0.2, -0.15) is 5.26 Å². The average molecular weight is 732 g/mol. The zero-order chi connectivity index (χ0) is 36.7. The summed E-state index contributed by atoms with van der Waals surface area (Å²) < 4.78 is 34.9. The Morgan fingerprint density at radius 3 is 2.51 bits per heavy atom. The predicted molar refractivity (Wildman–Crippen MR) is 189 cm³/mol. The summed E-state index contributed by atoms with van der Waals surface area (Å²) in [5, 5.41) is 9.67. The van der Waals surface area contributed by atoms with E-state index in [1.807, 2.05) is 6.07 Å². The minimum Gasteiger partial charge on any atom is -0.493 e. The van der Waals surface area contributed by atoms with Crippen molar-refractivity contribution in [3.63, 3.8) is 0 Å². The Morgan fingerprint density at radius 1 is 1.02 bits per heavy atom. The van der Waals surface area contributed by atoms with Gasteiger partial charge in [0, 0.05) is 5.56 Å². The Hall–Kier alpha value is -5.58. The maximum Gasteiger partial charge on any atom is 0.343 e. The zero-order valence-electron chi connectivity index (χ0n) is 28.5. The molecule has 1 aromatic heterocycles. The summed E-state index contributed by atoms with van der Waals surface area (Å²) in [6.07, 6.45) is 1.66. The first kappa shape index (κ1) is 36.7. The summed E-state index contributed by atoms with van der Waals surface area (Å²) in [5.74, 6) is 0.00530. The second-order valence-electron chi connectivity index (χ2n) is 10.9. The number of carbonyl (C=O) groups excluding carboxylic acids is 2. The fraction of sp³-hybridized carbons (Fsp3) is 0.270. The molecular formula is C37H34ClN3O9S. The molecular weight excluding hydrogens is 698 g/mol. The number of nitriles is 1. The molecule has 1 atom stereocenters.